The summed E-state index contributed by atoms with van der Waals surface area (Å²) in [4.78, 5) is 56.3. The topological polar surface area (TPSA) is 185 Å². The number of aliphatic hydroxyl groups is 1. The molecule has 0 unspecified atom stereocenters. The lowest BCUT2D eigenvalue weighted by Gasteiger charge is -2.39. The Morgan fingerprint density at radius 1 is 0.971 bits per heavy atom. The first-order valence-electron chi connectivity index (χ1n) is 22.8. The number of nitrogens with one attached hydrogen (secondary N) is 2. The fraction of sp³-hybridized carbons (Fsp3) is 0.408. The molecule has 5 heterocycles. The molecule has 4 aliphatic rings. The highest BCUT2D eigenvalue weighted by Crippen LogP contribution is 2.56. The van der Waals surface area contributed by atoms with Crippen molar-refractivity contribution in [3.05, 3.63) is 105 Å². The summed E-state index contributed by atoms with van der Waals surface area (Å²) in [5, 5.41) is 20.1. The summed E-state index contributed by atoms with van der Waals surface area (Å²) in [5.74, 6) is -4.05. The van der Waals surface area contributed by atoms with Crippen LogP contribution >= 0.6 is 11.6 Å². The smallest absolute Gasteiger partial charge is 0.329 e. The molecule has 9 rings (SSSR count). The van der Waals surface area contributed by atoms with Gasteiger partial charge in [0.2, 0.25) is 17.7 Å². The third kappa shape index (κ3) is 8.51. The Morgan fingerprint density at radius 2 is 1.71 bits per heavy atom. The molecule has 4 aliphatic heterocycles. The van der Waals surface area contributed by atoms with Crippen molar-refractivity contribution in [3.8, 4) is 22.6 Å². The number of aromatic nitrogens is 2. The molecule has 0 saturated carbocycles. The Kier molecular flexibility index (Phi) is 13.1. The van der Waals surface area contributed by atoms with Crippen LogP contribution in [-0.4, -0.2) is 114 Å². The van der Waals surface area contributed by atoms with Crippen LogP contribution in [0.2, 0.25) is 5.02 Å². The molecule has 0 aliphatic carbocycles. The maximum atomic E-state index is 16.4. The average molecular weight is 957 g/mol. The first-order chi connectivity index (χ1) is 32.7. The van der Waals surface area contributed by atoms with Gasteiger partial charge in [0.1, 0.15) is 24.0 Å². The van der Waals surface area contributed by atoms with E-state index in [2.05, 4.69) is 20.6 Å². The number of rotatable bonds is 13. The van der Waals surface area contributed by atoms with Crippen molar-refractivity contribution in [2.24, 2.45) is 12.8 Å². The number of piperidine rings is 2. The lowest BCUT2D eigenvalue weighted by Crippen LogP contribution is -2.52. The average Bonchev–Trinajstić information content (AvgIpc) is 3.81. The Bertz CT molecular complexity index is 2800. The summed E-state index contributed by atoms with van der Waals surface area (Å²) in [6, 6.07) is 15.5. The van der Waals surface area contributed by atoms with Gasteiger partial charge < -0.3 is 30.5 Å². The van der Waals surface area contributed by atoms with Crippen molar-refractivity contribution < 1.29 is 46.9 Å². The molecule has 2 atom stereocenters. The summed E-state index contributed by atoms with van der Waals surface area (Å²) in [6.45, 7) is 4.09. The van der Waals surface area contributed by atoms with Gasteiger partial charge >= 0.3 is 6.03 Å². The Labute approximate surface area is 395 Å². The fourth-order valence-corrected chi connectivity index (χ4v) is 10.8. The predicted octanol–water partition coefficient (Wildman–Crippen LogP) is 6.08. The van der Waals surface area contributed by atoms with Gasteiger partial charge in [0.05, 0.1) is 29.3 Å². The number of benzene rings is 4. The number of carbonyl (C=O) groups excluding carboxylic acids is 4. The van der Waals surface area contributed by atoms with E-state index in [1.165, 1.54) is 29.2 Å². The maximum absolute atomic E-state index is 16.4. The monoisotopic (exact) mass is 956 g/mol. The third-order valence-corrected chi connectivity index (χ3v) is 14.4. The van der Waals surface area contributed by atoms with Crippen molar-refractivity contribution in [3.63, 3.8) is 0 Å². The maximum Gasteiger partial charge on any atom is 0.329 e. The van der Waals surface area contributed by atoms with Gasteiger partial charge in [-0.05, 0) is 74.5 Å². The third-order valence-electron chi connectivity index (χ3n) is 14.0. The molecule has 0 spiro atoms. The van der Waals surface area contributed by atoms with Crippen molar-refractivity contribution in [1.29, 1.82) is 0 Å². The van der Waals surface area contributed by atoms with Gasteiger partial charge in [0.15, 0.2) is 23.0 Å². The molecule has 5 N–H and O–H groups in total. The molecule has 5 amide bonds. The number of fused-ring (bicyclic) bond motifs is 2. The second-order valence-electron chi connectivity index (χ2n) is 17.9. The number of nitrogens with zero attached hydrogens (tertiary/aromatic N) is 5. The van der Waals surface area contributed by atoms with Crippen molar-refractivity contribution >= 4 is 52.1 Å². The molecular formula is C49H52ClF3N8O7. The molecule has 5 aromatic rings. The number of ether oxygens (including phenoxy) is 2. The largest absolute Gasteiger partial charge is 0.488 e. The summed E-state index contributed by atoms with van der Waals surface area (Å²) in [6.07, 6.45) is 2.67. The second-order valence-corrected chi connectivity index (χ2v) is 18.3. The van der Waals surface area contributed by atoms with E-state index >= 15 is 13.2 Å². The lowest BCUT2D eigenvalue weighted by atomic mass is 9.77. The minimum absolute atomic E-state index is 0.00790. The molecule has 0 bridgehead atoms. The Hall–Kier alpha value is -6.21. The van der Waals surface area contributed by atoms with Gasteiger partial charge in [-0.25, -0.2) is 18.0 Å². The molecule has 68 heavy (non-hydrogen) atoms. The van der Waals surface area contributed by atoms with Crippen LogP contribution in [0.1, 0.15) is 77.9 Å². The van der Waals surface area contributed by atoms with E-state index in [1.807, 2.05) is 42.2 Å². The van der Waals surface area contributed by atoms with Gasteiger partial charge in [-0.1, -0.05) is 48.9 Å². The summed E-state index contributed by atoms with van der Waals surface area (Å²) >= 11 is 6.70. The summed E-state index contributed by atoms with van der Waals surface area (Å²) < 4.78 is 61.7. The minimum atomic E-state index is -1.15. The first-order valence-corrected chi connectivity index (χ1v) is 23.2. The van der Waals surface area contributed by atoms with E-state index in [0.29, 0.717) is 79.7 Å². The van der Waals surface area contributed by atoms with Crippen LogP contribution in [0.5, 0.6) is 11.5 Å². The number of carbonyl (C=O) groups is 4. The van der Waals surface area contributed by atoms with E-state index in [0.717, 1.165) is 5.56 Å². The quantitative estimate of drug-likeness (QED) is 0.108. The molecular weight excluding hydrogens is 905 g/mol. The Balaban J connectivity index is 0.861. The van der Waals surface area contributed by atoms with Gasteiger partial charge in [-0.3, -0.25) is 34.2 Å². The number of urea groups is 1. The number of primary amides is 1. The number of hydrogen-bond acceptors (Lipinski definition) is 10. The van der Waals surface area contributed by atoms with E-state index in [4.69, 9.17) is 26.8 Å². The van der Waals surface area contributed by atoms with Crippen LogP contribution in [-0.2, 0) is 22.2 Å². The highest BCUT2D eigenvalue weighted by Gasteiger charge is 2.50. The summed E-state index contributed by atoms with van der Waals surface area (Å²) in [5.41, 5.74) is 6.22. The highest BCUT2D eigenvalue weighted by atomic mass is 35.5. The zero-order valence-corrected chi connectivity index (χ0v) is 38.4. The number of amides is 5. The van der Waals surface area contributed by atoms with Gasteiger partial charge in [0.25, 0.3) is 0 Å². The SMILES string of the molecule is C[C@H]1c2c(cc(F)c(Cl)c2-c2c(C(N)=O)ccc(OCCO)c2F)O[C@]1(CNC1CCN(C(=O)CN2CCC(c3c(F)ccc4c(N5CCC(=O)NC5=O)nn(C)c34)CC2)CC1)c1ccccc1. The second kappa shape index (κ2) is 19.1. The van der Waals surface area contributed by atoms with E-state index in [-0.39, 0.29) is 90.4 Å². The van der Waals surface area contributed by atoms with Crippen molar-refractivity contribution in [1.82, 2.24) is 30.2 Å². The number of anilines is 1. The fourth-order valence-electron chi connectivity index (χ4n) is 10.5. The normalized spacial score (nSPS) is 20.4. The zero-order chi connectivity index (χ0) is 48.0. The molecule has 3 fully saturated rings. The molecule has 1 aromatic heterocycles. The highest BCUT2D eigenvalue weighted by molar-refractivity contribution is 6.34. The number of aryl methyl sites for hydroxylation is 1. The molecule has 358 valence electrons. The van der Waals surface area contributed by atoms with Crippen LogP contribution in [0.15, 0.2) is 60.7 Å². The number of nitrogens with two attached hydrogens (primary N) is 1. The number of hydrogen-bond donors (Lipinski definition) is 4. The van der Waals surface area contributed by atoms with Crippen LogP contribution < -0.4 is 30.7 Å². The van der Waals surface area contributed by atoms with Crippen molar-refractivity contribution in [2.45, 2.75) is 62.5 Å². The van der Waals surface area contributed by atoms with E-state index in [1.54, 1.807) is 17.8 Å². The van der Waals surface area contributed by atoms with Crippen LogP contribution in [0.4, 0.5) is 23.8 Å². The predicted molar refractivity (Wildman–Crippen MR) is 247 cm³/mol. The molecule has 0 radical (unpaired) electrons. The van der Waals surface area contributed by atoms with Gasteiger partial charge in [-0.15, -0.1) is 0 Å². The van der Waals surface area contributed by atoms with Gasteiger partial charge in [0, 0.05) is 85.3 Å². The number of halogens is 4. The van der Waals surface area contributed by atoms with Gasteiger partial charge in [-0.2, -0.15) is 5.10 Å². The number of aliphatic hydroxyl groups excluding tert-OH is 1. The first kappa shape index (κ1) is 46.9. The molecule has 15 nitrogen and oxygen atoms in total. The lowest BCUT2D eigenvalue weighted by molar-refractivity contribution is -0.133. The van der Waals surface area contributed by atoms with Crippen LogP contribution in [0.25, 0.3) is 22.0 Å². The Morgan fingerprint density at radius 3 is 2.40 bits per heavy atom. The standard InChI is InChI=1S/C49H52ClF3N8O7/c1-27-39-36(24-34(52)43(50)42(39)41-31(46(54)65)9-11-35(44(41)53)67-23-22-62)68-49(27,29-6-4-3-5-7-29)26-55-30-14-19-60(20-15-30)38(64)25-59-17-12-28(13-18-59)40-33(51)10-8-32-45(40)58(2)57-47(32)61-21-16-37(63)56-48(61)66/h3-11,24,27-28,30,55,62H,12-23,25-26H2,1-2H3,(H2,54,65)(H,56,63,66)/t27-,49-/m0/s1. The number of likely N-dealkylation sites (tertiary alicyclic amines) is 2. The number of imide groups is 1. The van der Waals surface area contributed by atoms with Crippen LogP contribution in [0.3, 0.4) is 0 Å². The summed E-state index contributed by atoms with van der Waals surface area (Å²) in [7, 11) is 1.72. The minimum Gasteiger partial charge on any atom is -0.488 e. The van der Waals surface area contributed by atoms with E-state index < -0.39 is 46.7 Å². The molecule has 19 heteroatoms. The molecule has 3 saturated heterocycles. The van der Waals surface area contributed by atoms with Crippen LogP contribution in [0, 0.1) is 17.5 Å². The van der Waals surface area contributed by atoms with E-state index in [9.17, 15) is 24.3 Å². The molecule has 4 aromatic carbocycles. The zero-order valence-electron chi connectivity index (χ0n) is 37.6. The van der Waals surface area contributed by atoms with Crippen molar-refractivity contribution in [2.75, 3.05) is 63.9 Å².